The fourth-order valence-electron chi connectivity index (χ4n) is 4.98. The quantitative estimate of drug-likeness (QED) is 0.648. The van der Waals surface area contributed by atoms with Gasteiger partial charge < -0.3 is 20.3 Å². The van der Waals surface area contributed by atoms with E-state index in [1.54, 1.807) is 30.5 Å². The van der Waals surface area contributed by atoms with Crippen molar-refractivity contribution in [3.8, 4) is 11.3 Å². The largest absolute Gasteiger partial charge is 0.377 e. The Bertz CT molecular complexity index is 1180. The standard InChI is InChI=1S/C22H32N8O3S/c1-14(2)34(31,32)28-12-22(4,13-28)30-6-5-17-18(16-9-24-20(23)25-10-16)26-21(27-19(17)30)29-7-8-33-11-15(29)3/h9-10,14-15H,5-8,11-13H2,1-4H3,(H2,23,24,25). The van der Waals surface area contributed by atoms with E-state index in [-0.39, 0.29) is 17.5 Å². The van der Waals surface area contributed by atoms with Crippen LogP contribution in [0, 0.1) is 0 Å². The zero-order chi connectivity index (χ0) is 24.3. The SMILES string of the molecule is CC1COCCN1c1nc(-c2cnc(N)nc2)c2c(n1)N(C1(C)CN(S(=O)(=O)C(C)C)C1)CC2. The highest BCUT2D eigenvalue weighted by atomic mass is 32.2. The summed E-state index contributed by atoms with van der Waals surface area (Å²) in [5, 5.41) is -0.434. The van der Waals surface area contributed by atoms with Crippen LogP contribution >= 0.6 is 0 Å². The van der Waals surface area contributed by atoms with Gasteiger partial charge >= 0.3 is 0 Å². The van der Waals surface area contributed by atoms with Crippen LogP contribution in [0.15, 0.2) is 12.4 Å². The van der Waals surface area contributed by atoms with Crippen molar-refractivity contribution in [3.05, 3.63) is 18.0 Å². The van der Waals surface area contributed by atoms with Crippen LogP contribution in [-0.2, 0) is 21.2 Å². The van der Waals surface area contributed by atoms with Gasteiger partial charge in [0.05, 0.1) is 35.7 Å². The molecule has 5 rings (SSSR count). The minimum absolute atomic E-state index is 0.142. The number of hydrogen-bond acceptors (Lipinski definition) is 10. The Hall–Kier alpha value is -2.57. The molecule has 11 nitrogen and oxygen atoms in total. The van der Waals surface area contributed by atoms with E-state index in [0.717, 1.165) is 35.6 Å². The van der Waals surface area contributed by atoms with E-state index in [0.29, 0.717) is 38.8 Å². The summed E-state index contributed by atoms with van der Waals surface area (Å²) >= 11 is 0. The number of nitrogen functional groups attached to an aromatic ring is 1. The Balaban J connectivity index is 1.55. The Labute approximate surface area is 200 Å². The van der Waals surface area contributed by atoms with E-state index in [1.165, 1.54) is 0 Å². The van der Waals surface area contributed by atoms with Crippen LogP contribution in [0.2, 0.25) is 0 Å². The van der Waals surface area contributed by atoms with Gasteiger partial charge in [0.25, 0.3) is 0 Å². The molecule has 0 aromatic carbocycles. The molecule has 12 heteroatoms. The summed E-state index contributed by atoms with van der Waals surface area (Å²) in [6, 6.07) is 0.142. The van der Waals surface area contributed by atoms with Crippen LogP contribution in [0.3, 0.4) is 0 Å². The molecule has 184 valence electrons. The van der Waals surface area contributed by atoms with E-state index in [4.69, 9.17) is 20.4 Å². The third-order valence-electron chi connectivity index (χ3n) is 7.03. The number of sulfonamides is 1. The summed E-state index contributed by atoms with van der Waals surface area (Å²) in [7, 11) is -3.28. The van der Waals surface area contributed by atoms with Gasteiger partial charge in [0.2, 0.25) is 21.9 Å². The number of ether oxygens (including phenoxy) is 1. The molecular weight excluding hydrogens is 456 g/mol. The van der Waals surface area contributed by atoms with Crippen LogP contribution in [-0.4, -0.2) is 88.9 Å². The Morgan fingerprint density at radius 3 is 2.53 bits per heavy atom. The van der Waals surface area contributed by atoms with Gasteiger partial charge in [-0.1, -0.05) is 0 Å². The van der Waals surface area contributed by atoms with Crippen molar-refractivity contribution in [2.45, 2.75) is 50.9 Å². The normalized spacial score (nSPS) is 22.7. The second kappa shape index (κ2) is 8.28. The first kappa shape index (κ1) is 23.2. The number of nitrogens with two attached hydrogens (primary N) is 1. The maximum atomic E-state index is 12.7. The summed E-state index contributed by atoms with van der Waals surface area (Å²) in [6.07, 6.45) is 4.16. The molecule has 1 atom stereocenters. The molecule has 2 N–H and O–H groups in total. The lowest BCUT2D eigenvalue weighted by molar-refractivity contribution is 0.0981. The molecule has 2 aromatic rings. The predicted molar refractivity (Wildman–Crippen MR) is 130 cm³/mol. The molecule has 0 radical (unpaired) electrons. The first-order chi connectivity index (χ1) is 16.1. The van der Waals surface area contributed by atoms with Crippen molar-refractivity contribution in [3.63, 3.8) is 0 Å². The smallest absolute Gasteiger partial charge is 0.228 e. The number of aromatic nitrogens is 4. The number of rotatable bonds is 5. The molecule has 2 saturated heterocycles. The maximum Gasteiger partial charge on any atom is 0.228 e. The zero-order valence-corrected chi connectivity index (χ0v) is 20.9. The van der Waals surface area contributed by atoms with Crippen molar-refractivity contribution >= 4 is 27.7 Å². The first-order valence-corrected chi connectivity index (χ1v) is 13.2. The minimum atomic E-state index is -3.28. The van der Waals surface area contributed by atoms with E-state index < -0.39 is 15.3 Å². The van der Waals surface area contributed by atoms with Gasteiger partial charge in [-0.05, 0) is 34.1 Å². The Morgan fingerprint density at radius 2 is 1.88 bits per heavy atom. The highest BCUT2D eigenvalue weighted by Gasteiger charge is 2.51. The highest BCUT2D eigenvalue weighted by Crippen LogP contribution is 2.42. The lowest BCUT2D eigenvalue weighted by atomic mass is 9.93. The monoisotopic (exact) mass is 488 g/mol. The lowest BCUT2D eigenvalue weighted by Crippen LogP contribution is -2.70. The van der Waals surface area contributed by atoms with Crippen molar-refractivity contribution < 1.29 is 13.2 Å². The molecule has 0 aliphatic carbocycles. The molecule has 3 aliphatic rings. The fourth-order valence-corrected chi connectivity index (χ4v) is 6.50. The fraction of sp³-hybridized carbons (Fsp3) is 0.636. The zero-order valence-electron chi connectivity index (χ0n) is 20.1. The third kappa shape index (κ3) is 3.77. The van der Waals surface area contributed by atoms with Gasteiger partial charge in [0.1, 0.15) is 5.82 Å². The van der Waals surface area contributed by atoms with E-state index in [2.05, 4.69) is 33.6 Å². The topological polar surface area (TPSA) is 131 Å². The summed E-state index contributed by atoms with van der Waals surface area (Å²) in [5.41, 5.74) is 8.01. The van der Waals surface area contributed by atoms with E-state index >= 15 is 0 Å². The van der Waals surface area contributed by atoms with E-state index in [1.807, 2.05) is 0 Å². The van der Waals surface area contributed by atoms with Gasteiger partial charge in [0.15, 0.2) is 0 Å². The summed E-state index contributed by atoms with van der Waals surface area (Å²) < 4.78 is 32.5. The van der Waals surface area contributed by atoms with Crippen LogP contribution in [0.5, 0.6) is 0 Å². The van der Waals surface area contributed by atoms with Gasteiger partial charge in [-0.15, -0.1) is 0 Å². The van der Waals surface area contributed by atoms with Crippen LogP contribution in [0.25, 0.3) is 11.3 Å². The molecule has 0 saturated carbocycles. The number of hydrogen-bond donors (Lipinski definition) is 1. The lowest BCUT2D eigenvalue weighted by Gasteiger charge is -2.53. The van der Waals surface area contributed by atoms with Crippen molar-refractivity contribution in [2.75, 3.05) is 54.9 Å². The van der Waals surface area contributed by atoms with Gasteiger partial charge in [-0.25, -0.2) is 23.4 Å². The van der Waals surface area contributed by atoms with Crippen molar-refractivity contribution in [1.29, 1.82) is 0 Å². The third-order valence-corrected chi connectivity index (χ3v) is 9.19. The van der Waals surface area contributed by atoms with Gasteiger partial charge in [0, 0.05) is 49.7 Å². The number of morpholine rings is 1. The molecule has 0 amide bonds. The maximum absolute atomic E-state index is 12.7. The Kier molecular flexibility index (Phi) is 5.64. The average Bonchev–Trinajstić information content (AvgIpc) is 3.21. The minimum Gasteiger partial charge on any atom is -0.377 e. The molecule has 2 fully saturated rings. The summed E-state index contributed by atoms with van der Waals surface area (Å²) in [4.78, 5) is 22.8. The molecule has 0 spiro atoms. The summed E-state index contributed by atoms with van der Waals surface area (Å²) in [6.45, 7) is 11.2. The highest BCUT2D eigenvalue weighted by molar-refractivity contribution is 7.89. The molecule has 1 unspecified atom stereocenters. The molecule has 3 aliphatic heterocycles. The summed E-state index contributed by atoms with van der Waals surface area (Å²) in [5.74, 6) is 1.72. The molecule has 5 heterocycles. The number of anilines is 3. The molecule has 0 bridgehead atoms. The van der Waals surface area contributed by atoms with Crippen molar-refractivity contribution in [1.82, 2.24) is 24.2 Å². The second-order valence-corrected chi connectivity index (χ2v) is 12.4. The molecular formula is C22H32N8O3S. The number of nitrogens with zero attached hydrogens (tertiary/aromatic N) is 7. The van der Waals surface area contributed by atoms with Gasteiger partial charge in [-0.2, -0.15) is 9.29 Å². The Morgan fingerprint density at radius 1 is 1.18 bits per heavy atom. The van der Waals surface area contributed by atoms with Crippen molar-refractivity contribution in [2.24, 2.45) is 0 Å². The first-order valence-electron chi connectivity index (χ1n) is 11.7. The average molecular weight is 489 g/mol. The molecule has 2 aromatic heterocycles. The van der Waals surface area contributed by atoms with Crippen LogP contribution in [0.4, 0.5) is 17.7 Å². The number of fused-ring (bicyclic) bond motifs is 1. The van der Waals surface area contributed by atoms with Gasteiger partial charge in [-0.3, -0.25) is 0 Å². The van der Waals surface area contributed by atoms with E-state index in [9.17, 15) is 8.42 Å². The van der Waals surface area contributed by atoms with Crippen LogP contribution in [0.1, 0.15) is 33.3 Å². The second-order valence-electron chi connectivity index (χ2n) is 9.88. The van der Waals surface area contributed by atoms with Crippen LogP contribution < -0.4 is 15.5 Å². The molecule has 34 heavy (non-hydrogen) atoms. The predicted octanol–water partition coefficient (Wildman–Crippen LogP) is 0.916.